The molecule has 0 radical (unpaired) electrons. The first-order valence-corrected chi connectivity index (χ1v) is 9.98. The van der Waals surface area contributed by atoms with Crippen molar-refractivity contribution in [1.82, 2.24) is 15.1 Å². The highest BCUT2D eigenvalue weighted by atomic mass is 19.4. The number of carbonyl (C=O) groups excluding carboxylic acids is 2. The largest absolute Gasteiger partial charge is 0.416 e. The van der Waals surface area contributed by atoms with E-state index in [0.29, 0.717) is 45.3 Å². The summed E-state index contributed by atoms with van der Waals surface area (Å²) in [5, 5.41) is 2.47. The van der Waals surface area contributed by atoms with Crippen molar-refractivity contribution in [2.75, 3.05) is 39.4 Å². The van der Waals surface area contributed by atoms with Crippen LogP contribution in [-0.2, 0) is 27.0 Å². The average Bonchev–Trinajstić information content (AvgIpc) is 2.72. The van der Waals surface area contributed by atoms with Gasteiger partial charge in [-0.1, -0.05) is 12.5 Å². The molecule has 0 bridgehead atoms. The van der Waals surface area contributed by atoms with Crippen molar-refractivity contribution < 1.29 is 31.9 Å². The maximum Gasteiger partial charge on any atom is 0.416 e. The van der Waals surface area contributed by atoms with Crippen molar-refractivity contribution in [3.05, 3.63) is 35.1 Å². The summed E-state index contributed by atoms with van der Waals surface area (Å²) < 4.78 is 57.8. The van der Waals surface area contributed by atoms with Gasteiger partial charge in [0.15, 0.2) is 0 Å². The number of nitrogens with one attached hydrogen (secondary N) is 1. The smallest absolute Gasteiger partial charge is 0.378 e. The van der Waals surface area contributed by atoms with Crippen LogP contribution in [0.3, 0.4) is 0 Å². The predicted molar refractivity (Wildman–Crippen MR) is 99.9 cm³/mol. The van der Waals surface area contributed by atoms with Crippen LogP contribution in [0.4, 0.5) is 17.6 Å². The van der Waals surface area contributed by atoms with Crippen LogP contribution in [0.5, 0.6) is 0 Å². The molecule has 1 aromatic carbocycles. The predicted octanol–water partition coefficient (Wildman–Crippen LogP) is 2.17. The monoisotopic (exact) mass is 431 g/mol. The fourth-order valence-corrected chi connectivity index (χ4v) is 3.86. The van der Waals surface area contributed by atoms with E-state index >= 15 is 0 Å². The van der Waals surface area contributed by atoms with Crippen LogP contribution in [0.1, 0.15) is 30.4 Å². The van der Waals surface area contributed by atoms with E-state index in [1.54, 1.807) is 9.80 Å². The van der Waals surface area contributed by atoms with Crippen LogP contribution in [0.15, 0.2) is 18.2 Å². The third-order valence-electron chi connectivity index (χ3n) is 5.42. The fraction of sp³-hybridized carbons (Fsp3) is 0.600. The lowest BCUT2D eigenvalue weighted by Gasteiger charge is -2.38. The van der Waals surface area contributed by atoms with Gasteiger partial charge in [0, 0.05) is 19.6 Å². The van der Waals surface area contributed by atoms with Gasteiger partial charge in [0.25, 0.3) is 0 Å². The highest BCUT2D eigenvalue weighted by Crippen LogP contribution is 2.32. The first-order chi connectivity index (χ1) is 14.3. The SMILES string of the molecule is O=C(CN1CCCCC1C(=O)N1CCOCC1)NCc1ccc(F)cc1C(F)(F)F. The first-order valence-electron chi connectivity index (χ1n) is 9.98. The van der Waals surface area contributed by atoms with Gasteiger partial charge in [-0.15, -0.1) is 0 Å². The molecule has 2 amide bonds. The number of hydrogen-bond acceptors (Lipinski definition) is 4. The van der Waals surface area contributed by atoms with Gasteiger partial charge in [-0.25, -0.2) is 4.39 Å². The number of benzene rings is 1. The number of carbonyl (C=O) groups is 2. The van der Waals surface area contributed by atoms with Gasteiger partial charge in [0.05, 0.1) is 31.4 Å². The van der Waals surface area contributed by atoms with E-state index in [0.717, 1.165) is 25.0 Å². The maximum absolute atomic E-state index is 13.2. The number of amides is 2. The number of piperidine rings is 1. The zero-order valence-corrected chi connectivity index (χ0v) is 16.5. The third-order valence-corrected chi connectivity index (χ3v) is 5.42. The molecule has 1 aromatic rings. The maximum atomic E-state index is 13.2. The molecule has 6 nitrogen and oxygen atoms in total. The summed E-state index contributed by atoms with van der Waals surface area (Å²) in [5.74, 6) is -1.51. The molecule has 1 N–H and O–H groups in total. The second-order valence-electron chi connectivity index (χ2n) is 7.50. The number of ether oxygens (including phenoxy) is 1. The molecule has 30 heavy (non-hydrogen) atoms. The Labute approximate surface area is 172 Å². The van der Waals surface area contributed by atoms with E-state index in [-0.39, 0.29) is 24.6 Å². The second-order valence-corrected chi connectivity index (χ2v) is 7.50. The van der Waals surface area contributed by atoms with E-state index < -0.39 is 29.5 Å². The minimum atomic E-state index is -4.72. The zero-order chi connectivity index (χ0) is 21.7. The molecule has 2 aliphatic rings. The van der Waals surface area contributed by atoms with Crippen molar-refractivity contribution >= 4 is 11.8 Å². The molecule has 0 aliphatic carbocycles. The van der Waals surface area contributed by atoms with E-state index in [4.69, 9.17) is 4.74 Å². The molecule has 1 unspecified atom stereocenters. The number of alkyl halides is 3. The van der Waals surface area contributed by atoms with Crippen molar-refractivity contribution in [3.63, 3.8) is 0 Å². The Balaban J connectivity index is 1.60. The Morgan fingerprint density at radius 3 is 2.57 bits per heavy atom. The molecule has 2 fully saturated rings. The van der Waals surface area contributed by atoms with E-state index in [9.17, 15) is 27.2 Å². The summed E-state index contributed by atoms with van der Waals surface area (Å²) in [6, 6.07) is 1.95. The Bertz CT molecular complexity index is 766. The number of hydrogen-bond donors (Lipinski definition) is 1. The molecule has 2 aliphatic heterocycles. The van der Waals surface area contributed by atoms with Crippen LogP contribution in [0.25, 0.3) is 0 Å². The summed E-state index contributed by atoms with van der Waals surface area (Å²) in [4.78, 5) is 28.8. The van der Waals surface area contributed by atoms with Gasteiger partial charge >= 0.3 is 6.18 Å². The molecule has 0 aromatic heterocycles. The minimum absolute atomic E-state index is 0.0382. The molecule has 1 atom stereocenters. The Kier molecular flexibility index (Phi) is 7.30. The van der Waals surface area contributed by atoms with Crippen molar-refractivity contribution in [1.29, 1.82) is 0 Å². The van der Waals surface area contributed by atoms with Crippen LogP contribution in [0.2, 0.25) is 0 Å². The van der Waals surface area contributed by atoms with Crippen LogP contribution >= 0.6 is 0 Å². The molecule has 2 saturated heterocycles. The zero-order valence-electron chi connectivity index (χ0n) is 16.5. The molecular formula is C20H25F4N3O3. The van der Waals surface area contributed by atoms with Gasteiger partial charge in [-0.05, 0) is 37.1 Å². The highest BCUT2D eigenvalue weighted by molar-refractivity contribution is 5.84. The van der Waals surface area contributed by atoms with Gasteiger partial charge in [0.1, 0.15) is 5.82 Å². The second kappa shape index (κ2) is 9.74. The lowest BCUT2D eigenvalue weighted by Crippen LogP contribution is -2.55. The van der Waals surface area contributed by atoms with Crippen molar-refractivity contribution in [2.24, 2.45) is 0 Å². The Morgan fingerprint density at radius 2 is 1.87 bits per heavy atom. The van der Waals surface area contributed by atoms with E-state index in [1.165, 1.54) is 0 Å². The Morgan fingerprint density at radius 1 is 1.13 bits per heavy atom. The summed E-state index contributed by atoms with van der Waals surface area (Å²) in [6.07, 6.45) is -2.36. The molecule has 10 heteroatoms. The molecular weight excluding hydrogens is 406 g/mol. The van der Waals surface area contributed by atoms with Crippen molar-refractivity contribution in [3.8, 4) is 0 Å². The van der Waals surface area contributed by atoms with Crippen LogP contribution in [0, 0.1) is 5.82 Å². The van der Waals surface area contributed by atoms with Crippen molar-refractivity contribution in [2.45, 2.75) is 38.0 Å². The molecule has 0 spiro atoms. The molecule has 0 saturated carbocycles. The topological polar surface area (TPSA) is 61.9 Å². The van der Waals surface area contributed by atoms with Gasteiger partial charge in [-0.3, -0.25) is 14.5 Å². The molecule has 166 valence electrons. The summed E-state index contributed by atoms with van der Waals surface area (Å²) >= 11 is 0. The third kappa shape index (κ3) is 5.69. The van der Waals surface area contributed by atoms with Crippen LogP contribution < -0.4 is 5.32 Å². The van der Waals surface area contributed by atoms with Gasteiger partial charge in [0.2, 0.25) is 11.8 Å². The Hall–Kier alpha value is -2.20. The van der Waals surface area contributed by atoms with E-state index in [2.05, 4.69) is 5.32 Å². The summed E-state index contributed by atoms with van der Waals surface area (Å²) in [7, 11) is 0. The number of rotatable bonds is 5. The molecule has 3 rings (SSSR count). The first kappa shape index (κ1) is 22.5. The minimum Gasteiger partial charge on any atom is -0.378 e. The number of halogens is 4. The number of morpholine rings is 1. The summed E-state index contributed by atoms with van der Waals surface area (Å²) in [5.41, 5.74) is -1.32. The fourth-order valence-electron chi connectivity index (χ4n) is 3.86. The normalized spacial score (nSPS) is 20.8. The van der Waals surface area contributed by atoms with Crippen LogP contribution in [-0.4, -0.2) is 67.0 Å². The molecule has 2 heterocycles. The lowest BCUT2D eigenvalue weighted by atomic mass is 10.0. The van der Waals surface area contributed by atoms with Gasteiger partial charge < -0.3 is 15.0 Å². The quantitative estimate of drug-likeness (QED) is 0.726. The average molecular weight is 431 g/mol. The lowest BCUT2D eigenvalue weighted by molar-refractivity contribution is -0.143. The van der Waals surface area contributed by atoms with E-state index in [1.807, 2.05) is 0 Å². The number of nitrogens with zero attached hydrogens (tertiary/aromatic N) is 2. The highest BCUT2D eigenvalue weighted by Gasteiger charge is 2.35. The van der Waals surface area contributed by atoms with Gasteiger partial charge in [-0.2, -0.15) is 13.2 Å². The standard InChI is InChI=1S/C20H25F4N3O3/c21-15-5-4-14(16(11-15)20(22,23)24)12-25-18(28)13-27-6-2-1-3-17(27)19(29)26-7-9-30-10-8-26/h4-5,11,17H,1-3,6-10,12-13H2,(H,25,28). The summed E-state index contributed by atoms with van der Waals surface area (Å²) in [6.45, 7) is 2.11. The number of likely N-dealkylation sites (tertiary alicyclic amines) is 1.